The Kier molecular flexibility index (Phi) is 4.79. The van der Waals surface area contributed by atoms with E-state index in [1.54, 1.807) is 0 Å². The maximum absolute atomic E-state index is 12.2. The van der Waals surface area contributed by atoms with Gasteiger partial charge in [0.15, 0.2) is 0 Å². The molecule has 0 radical (unpaired) electrons. The maximum Gasteiger partial charge on any atom is 0.452 e. The van der Waals surface area contributed by atoms with Gasteiger partial charge in [0.25, 0.3) is 0 Å². The molecule has 16 heavy (non-hydrogen) atoms. The van der Waals surface area contributed by atoms with Crippen LogP contribution in [0.5, 0.6) is 0 Å². The van der Waals surface area contributed by atoms with Crippen LogP contribution in [0.25, 0.3) is 0 Å². The van der Waals surface area contributed by atoms with E-state index in [1.807, 2.05) is 6.92 Å². The monoisotopic (exact) mass is 273 g/mol. The van der Waals surface area contributed by atoms with E-state index >= 15 is 0 Å². The van der Waals surface area contributed by atoms with Crippen LogP contribution in [-0.4, -0.2) is 21.3 Å². The van der Waals surface area contributed by atoms with E-state index in [0.717, 1.165) is 6.42 Å². The number of rotatable bonds is 5. The van der Waals surface area contributed by atoms with Gasteiger partial charge in [0.05, 0.1) is 0 Å². The normalized spacial score (nSPS) is 13.8. The number of alkyl halides is 4. The Bertz CT molecular complexity index is 329. The number of nitrogens with zero attached hydrogens (tertiary/aromatic N) is 2. The Balaban J connectivity index is 2.64. The smallest absolute Gasteiger partial charge is 0.358 e. The molecule has 0 aliphatic heterocycles. The fourth-order valence-corrected chi connectivity index (χ4v) is 2.01. The Morgan fingerprint density at radius 3 is 2.62 bits per heavy atom. The average molecular weight is 274 g/mol. The maximum atomic E-state index is 12.2. The molecule has 0 aliphatic rings. The molecule has 0 spiro atoms. The molecule has 0 bridgehead atoms. The van der Waals surface area contributed by atoms with Crippen LogP contribution in [0.1, 0.15) is 25.6 Å². The van der Waals surface area contributed by atoms with Crippen molar-refractivity contribution < 1.29 is 13.2 Å². The van der Waals surface area contributed by atoms with Crippen LogP contribution in [0.3, 0.4) is 0 Å². The molecule has 0 aliphatic carbocycles. The molecular formula is C8H11ClF3N3S. The highest BCUT2D eigenvalue weighted by molar-refractivity contribution is 7.09. The lowest BCUT2D eigenvalue weighted by atomic mass is 10.2. The summed E-state index contributed by atoms with van der Waals surface area (Å²) in [5, 5.41) is 3.07. The molecule has 0 aromatic carbocycles. The summed E-state index contributed by atoms with van der Waals surface area (Å²) in [6.07, 6.45) is -3.03. The summed E-state index contributed by atoms with van der Waals surface area (Å²) < 4.78 is 39.8. The van der Waals surface area contributed by atoms with E-state index in [2.05, 4.69) is 14.7 Å². The molecule has 1 aromatic heterocycles. The number of hydrogen-bond acceptors (Lipinski definition) is 4. The Labute approximate surface area is 100 Å². The summed E-state index contributed by atoms with van der Waals surface area (Å²) in [5.74, 6) is -0.642. The summed E-state index contributed by atoms with van der Waals surface area (Å²) >= 11 is 6.28. The predicted octanol–water partition coefficient (Wildman–Crippen LogP) is 3.38. The number of hydrogen-bond donors (Lipinski definition) is 1. The highest BCUT2D eigenvalue weighted by Gasteiger charge is 2.36. The molecule has 3 nitrogen and oxygen atoms in total. The van der Waals surface area contributed by atoms with E-state index in [-0.39, 0.29) is 11.2 Å². The fraction of sp³-hybridized carbons (Fsp3) is 0.750. The summed E-state index contributed by atoms with van der Waals surface area (Å²) in [5.41, 5.74) is 0. The molecule has 1 aromatic rings. The lowest BCUT2D eigenvalue weighted by Crippen LogP contribution is -2.19. The second kappa shape index (κ2) is 5.67. The zero-order chi connectivity index (χ0) is 12.2. The first-order valence-electron chi connectivity index (χ1n) is 4.70. The third kappa shape index (κ3) is 3.79. The van der Waals surface area contributed by atoms with Gasteiger partial charge >= 0.3 is 6.18 Å². The van der Waals surface area contributed by atoms with Crippen LogP contribution in [-0.2, 0) is 6.18 Å². The Morgan fingerprint density at radius 1 is 1.50 bits per heavy atom. The molecule has 0 saturated heterocycles. The summed E-state index contributed by atoms with van der Waals surface area (Å²) in [6, 6.07) is 0.0338. The highest BCUT2D eigenvalue weighted by atomic mass is 35.5. The van der Waals surface area contributed by atoms with E-state index < -0.39 is 12.0 Å². The van der Waals surface area contributed by atoms with Crippen LogP contribution in [0.2, 0.25) is 0 Å². The molecular weight excluding hydrogens is 263 g/mol. The van der Waals surface area contributed by atoms with Gasteiger partial charge < -0.3 is 5.32 Å². The quantitative estimate of drug-likeness (QED) is 0.836. The minimum absolute atomic E-state index is 0.0338. The van der Waals surface area contributed by atoms with Gasteiger partial charge in [-0.15, -0.1) is 11.6 Å². The van der Waals surface area contributed by atoms with Crippen LogP contribution < -0.4 is 5.32 Å². The Morgan fingerprint density at radius 2 is 2.19 bits per heavy atom. The zero-order valence-electron chi connectivity index (χ0n) is 8.51. The number of nitrogens with one attached hydrogen (secondary N) is 1. The summed E-state index contributed by atoms with van der Waals surface area (Å²) in [6.45, 7) is 1.93. The van der Waals surface area contributed by atoms with Crippen molar-refractivity contribution in [2.75, 3.05) is 11.2 Å². The molecule has 1 N–H and O–H groups in total. The van der Waals surface area contributed by atoms with Crippen LogP contribution in [0, 0.1) is 0 Å². The molecule has 1 rings (SSSR count). The number of aromatic nitrogens is 2. The second-order valence-electron chi connectivity index (χ2n) is 3.15. The minimum Gasteiger partial charge on any atom is -0.358 e. The first-order chi connectivity index (χ1) is 7.47. The molecule has 0 fully saturated rings. The number of halogens is 4. The van der Waals surface area contributed by atoms with E-state index in [1.165, 1.54) is 0 Å². The molecule has 1 heterocycles. The van der Waals surface area contributed by atoms with Crippen molar-refractivity contribution >= 4 is 28.3 Å². The Hall–Kier alpha value is -0.560. The second-order valence-corrected chi connectivity index (χ2v) is 4.28. The fourth-order valence-electron chi connectivity index (χ4n) is 1.08. The van der Waals surface area contributed by atoms with Gasteiger partial charge in [-0.2, -0.15) is 22.5 Å². The van der Waals surface area contributed by atoms with Crippen LogP contribution in [0.15, 0.2) is 0 Å². The summed E-state index contributed by atoms with van der Waals surface area (Å²) in [7, 11) is 0. The zero-order valence-corrected chi connectivity index (χ0v) is 10.1. The lowest BCUT2D eigenvalue weighted by molar-refractivity contribution is -0.144. The van der Waals surface area contributed by atoms with Crippen LogP contribution in [0.4, 0.5) is 18.3 Å². The van der Waals surface area contributed by atoms with Gasteiger partial charge in [0.2, 0.25) is 11.0 Å². The van der Waals surface area contributed by atoms with Gasteiger partial charge in [-0.25, -0.2) is 0 Å². The predicted molar refractivity (Wildman–Crippen MR) is 57.9 cm³/mol. The van der Waals surface area contributed by atoms with Gasteiger partial charge in [0, 0.05) is 23.5 Å². The van der Waals surface area contributed by atoms with Crippen molar-refractivity contribution in [2.45, 2.75) is 32.0 Å². The molecule has 1 atom stereocenters. The van der Waals surface area contributed by atoms with Crippen LogP contribution >= 0.6 is 23.1 Å². The van der Waals surface area contributed by atoms with Gasteiger partial charge in [-0.05, 0) is 12.8 Å². The first-order valence-corrected chi connectivity index (χ1v) is 6.01. The van der Waals surface area contributed by atoms with Crippen molar-refractivity contribution in [3.05, 3.63) is 5.82 Å². The van der Waals surface area contributed by atoms with E-state index in [0.29, 0.717) is 23.8 Å². The van der Waals surface area contributed by atoms with Crippen molar-refractivity contribution in [1.29, 1.82) is 0 Å². The third-order valence-corrected chi connectivity index (χ3v) is 2.82. The van der Waals surface area contributed by atoms with Crippen molar-refractivity contribution in [2.24, 2.45) is 0 Å². The first kappa shape index (κ1) is 13.5. The molecule has 0 saturated carbocycles. The van der Waals surface area contributed by atoms with Crippen molar-refractivity contribution in [3.63, 3.8) is 0 Å². The molecule has 92 valence electrons. The summed E-state index contributed by atoms with van der Waals surface area (Å²) in [4.78, 5) is 3.38. The third-order valence-electron chi connectivity index (χ3n) is 1.96. The molecule has 8 heteroatoms. The van der Waals surface area contributed by atoms with Crippen molar-refractivity contribution in [3.8, 4) is 0 Å². The van der Waals surface area contributed by atoms with E-state index in [9.17, 15) is 13.2 Å². The molecule has 1 unspecified atom stereocenters. The highest BCUT2D eigenvalue weighted by Crippen LogP contribution is 2.29. The number of anilines is 1. The van der Waals surface area contributed by atoms with Gasteiger partial charge in [-0.1, -0.05) is 6.92 Å². The largest absolute Gasteiger partial charge is 0.452 e. The average Bonchev–Trinajstić information content (AvgIpc) is 2.65. The van der Waals surface area contributed by atoms with Gasteiger partial charge in [-0.3, -0.25) is 0 Å². The van der Waals surface area contributed by atoms with E-state index in [4.69, 9.17) is 11.6 Å². The minimum atomic E-state index is -4.48. The van der Waals surface area contributed by atoms with Crippen molar-refractivity contribution in [1.82, 2.24) is 9.36 Å². The van der Waals surface area contributed by atoms with Gasteiger partial charge in [0.1, 0.15) is 0 Å². The lowest BCUT2D eigenvalue weighted by Gasteiger charge is -2.13. The SMILES string of the molecule is CCC(CCCl)Nc1nc(C(F)(F)F)ns1. The standard InChI is InChI=1S/C8H11ClF3N3S/c1-2-5(3-4-9)13-7-14-6(15-16-7)8(10,11)12/h5H,2-4H2,1H3,(H,13,14,15). The topological polar surface area (TPSA) is 37.8 Å². The molecule has 0 amide bonds.